The standard InChI is InChI=1S/C13H25NO/c1-9(2)13-11-6-8-15-12(11)5-7-14(13)10(3)4/h9-13H,5-8H2,1-4H3. The summed E-state index contributed by atoms with van der Waals surface area (Å²) in [7, 11) is 0. The van der Waals surface area contributed by atoms with Gasteiger partial charge in [-0.1, -0.05) is 13.8 Å². The molecule has 15 heavy (non-hydrogen) atoms. The highest BCUT2D eigenvalue weighted by Gasteiger charge is 2.43. The average Bonchev–Trinajstić information content (AvgIpc) is 2.62. The van der Waals surface area contributed by atoms with E-state index in [0.29, 0.717) is 12.1 Å². The van der Waals surface area contributed by atoms with Gasteiger partial charge in [-0.2, -0.15) is 0 Å². The fourth-order valence-corrected chi connectivity index (χ4v) is 3.50. The molecule has 2 saturated heterocycles. The molecule has 0 saturated carbocycles. The monoisotopic (exact) mass is 211 g/mol. The second kappa shape index (κ2) is 4.42. The molecule has 3 atom stereocenters. The van der Waals surface area contributed by atoms with E-state index in [1.807, 2.05) is 0 Å². The van der Waals surface area contributed by atoms with Crippen LogP contribution in [-0.4, -0.2) is 36.2 Å². The van der Waals surface area contributed by atoms with Crippen molar-refractivity contribution in [2.24, 2.45) is 11.8 Å². The predicted molar refractivity (Wildman–Crippen MR) is 62.9 cm³/mol. The van der Waals surface area contributed by atoms with Crippen molar-refractivity contribution in [3.8, 4) is 0 Å². The van der Waals surface area contributed by atoms with Crippen LogP contribution in [0.5, 0.6) is 0 Å². The Kier molecular flexibility index (Phi) is 3.36. The molecule has 88 valence electrons. The van der Waals surface area contributed by atoms with Crippen LogP contribution >= 0.6 is 0 Å². The number of rotatable bonds is 2. The number of hydrogen-bond donors (Lipinski definition) is 0. The zero-order valence-electron chi connectivity index (χ0n) is 10.6. The average molecular weight is 211 g/mol. The first kappa shape index (κ1) is 11.4. The molecule has 2 rings (SSSR count). The van der Waals surface area contributed by atoms with E-state index < -0.39 is 0 Å². The van der Waals surface area contributed by atoms with Gasteiger partial charge in [0.15, 0.2) is 0 Å². The van der Waals surface area contributed by atoms with Crippen LogP contribution in [-0.2, 0) is 4.74 Å². The molecular formula is C13H25NO. The van der Waals surface area contributed by atoms with E-state index in [4.69, 9.17) is 4.74 Å². The highest BCUT2D eigenvalue weighted by atomic mass is 16.5. The van der Waals surface area contributed by atoms with Gasteiger partial charge in [-0.05, 0) is 32.6 Å². The molecule has 0 radical (unpaired) electrons. The molecule has 2 aliphatic heterocycles. The lowest BCUT2D eigenvalue weighted by Crippen LogP contribution is -2.54. The van der Waals surface area contributed by atoms with E-state index in [9.17, 15) is 0 Å². The maximum absolute atomic E-state index is 5.84. The molecule has 0 bridgehead atoms. The number of fused-ring (bicyclic) bond motifs is 1. The van der Waals surface area contributed by atoms with Crippen LogP contribution in [0.4, 0.5) is 0 Å². The molecule has 0 aromatic rings. The third kappa shape index (κ3) is 2.07. The van der Waals surface area contributed by atoms with Crippen molar-refractivity contribution in [3.05, 3.63) is 0 Å². The van der Waals surface area contributed by atoms with Crippen molar-refractivity contribution >= 4 is 0 Å². The van der Waals surface area contributed by atoms with Crippen LogP contribution < -0.4 is 0 Å². The Morgan fingerprint density at radius 1 is 1.13 bits per heavy atom. The minimum Gasteiger partial charge on any atom is -0.378 e. The Morgan fingerprint density at radius 2 is 1.87 bits per heavy atom. The molecular weight excluding hydrogens is 186 g/mol. The van der Waals surface area contributed by atoms with Crippen molar-refractivity contribution in [2.45, 2.75) is 58.7 Å². The van der Waals surface area contributed by atoms with E-state index in [1.54, 1.807) is 0 Å². The molecule has 2 heterocycles. The van der Waals surface area contributed by atoms with Crippen molar-refractivity contribution in [1.82, 2.24) is 4.90 Å². The number of ether oxygens (including phenoxy) is 1. The first-order valence-corrected chi connectivity index (χ1v) is 6.48. The minimum absolute atomic E-state index is 0.562. The quantitative estimate of drug-likeness (QED) is 0.696. The van der Waals surface area contributed by atoms with Gasteiger partial charge >= 0.3 is 0 Å². The second-order valence-electron chi connectivity index (χ2n) is 5.72. The van der Waals surface area contributed by atoms with Gasteiger partial charge < -0.3 is 4.74 Å². The first-order valence-electron chi connectivity index (χ1n) is 6.48. The fourth-order valence-electron chi connectivity index (χ4n) is 3.50. The molecule has 0 aromatic heterocycles. The van der Waals surface area contributed by atoms with Crippen molar-refractivity contribution in [1.29, 1.82) is 0 Å². The molecule has 0 aliphatic carbocycles. The lowest BCUT2D eigenvalue weighted by Gasteiger charge is -2.46. The van der Waals surface area contributed by atoms with Gasteiger partial charge in [-0.15, -0.1) is 0 Å². The van der Waals surface area contributed by atoms with Crippen LogP contribution in [0.3, 0.4) is 0 Å². The van der Waals surface area contributed by atoms with Crippen molar-refractivity contribution in [3.63, 3.8) is 0 Å². The molecule has 2 fully saturated rings. The van der Waals surface area contributed by atoms with Crippen LogP contribution in [0.15, 0.2) is 0 Å². The Bertz CT molecular complexity index is 213. The highest BCUT2D eigenvalue weighted by molar-refractivity contribution is 4.95. The SMILES string of the molecule is CC(C)C1C2CCOC2CCN1C(C)C. The zero-order chi connectivity index (χ0) is 11.0. The van der Waals surface area contributed by atoms with E-state index in [1.165, 1.54) is 19.4 Å². The Hall–Kier alpha value is -0.0800. The summed E-state index contributed by atoms with van der Waals surface area (Å²) < 4.78 is 5.84. The molecule has 0 N–H and O–H groups in total. The maximum Gasteiger partial charge on any atom is 0.0631 e. The van der Waals surface area contributed by atoms with Crippen LogP contribution in [0, 0.1) is 11.8 Å². The smallest absolute Gasteiger partial charge is 0.0631 e. The topological polar surface area (TPSA) is 12.5 Å². The summed E-state index contributed by atoms with van der Waals surface area (Å²) in [5.74, 6) is 1.54. The molecule has 0 amide bonds. The fraction of sp³-hybridized carbons (Fsp3) is 1.00. The van der Waals surface area contributed by atoms with Gasteiger partial charge in [0.25, 0.3) is 0 Å². The number of piperidine rings is 1. The number of hydrogen-bond acceptors (Lipinski definition) is 2. The summed E-state index contributed by atoms with van der Waals surface area (Å²) in [5.41, 5.74) is 0. The van der Waals surface area contributed by atoms with Gasteiger partial charge in [0.05, 0.1) is 6.10 Å². The van der Waals surface area contributed by atoms with Gasteiger partial charge in [-0.3, -0.25) is 4.90 Å². The van der Waals surface area contributed by atoms with E-state index in [-0.39, 0.29) is 0 Å². The van der Waals surface area contributed by atoms with E-state index >= 15 is 0 Å². The summed E-state index contributed by atoms with van der Waals surface area (Å²) in [4.78, 5) is 2.69. The minimum atomic E-state index is 0.562. The summed E-state index contributed by atoms with van der Waals surface area (Å²) in [6.45, 7) is 11.6. The lowest BCUT2D eigenvalue weighted by molar-refractivity contribution is -0.0281. The third-order valence-electron chi connectivity index (χ3n) is 4.10. The second-order valence-corrected chi connectivity index (χ2v) is 5.72. The largest absolute Gasteiger partial charge is 0.378 e. The summed E-state index contributed by atoms with van der Waals surface area (Å²) in [5, 5.41) is 0. The molecule has 0 spiro atoms. The van der Waals surface area contributed by atoms with E-state index in [0.717, 1.165) is 24.5 Å². The first-order chi connectivity index (χ1) is 7.11. The van der Waals surface area contributed by atoms with Crippen LogP contribution in [0.25, 0.3) is 0 Å². The summed E-state index contributed by atoms with van der Waals surface area (Å²) in [6.07, 6.45) is 3.08. The molecule has 0 aromatic carbocycles. The summed E-state index contributed by atoms with van der Waals surface area (Å²) >= 11 is 0. The maximum atomic E-state index is 5.84. The molecule has 3 unspecified atom stereocenters. The van der Waals surface area contributed by atoms with Crippen molar-refractivity contribution in [2.75, 3.05) is 13.2 Å². The van der Waals surface area contributed by atoms with Gasteiger partial charge in [0, 0.05) is 31.2 Å². The number of nitrogens with zero attached hydrogens (tertiary/aromatic N) is 1. The van der Waals surface area contributed by atoms with Gasteiger partial charge in [0.2, 0.25) is 0 Å². The zero-order valence-corrected chi connectivity index (χ0v) is 10.6. The van der Waals surface area contributed by atoms with Crippen LogP contribution in [0.2, 0.25) is 0 Å². The van der Waals surface area contributed by atoms with Crippen molar-refractivity contribution < 1.29 is 4.74 Å². The normalized spacial score (nSPS) is 37.6. The third-order valence-corrected chi connectivity index (χ3v) is 4.10. The molecule has 2 heteroatoms. The van der Waals surface area contributed by atoms with E-state index in [2.05, 4.69) is 32.6 Å². The summed E-state index contributed by atoms with van der Waals surface area (Å²) in [6, 6.07) is 1.42. The molecule has 2 aliphatic rings. The Morgan fingerprint density at radius 3 is 2.47 bits per heavy atom. The predicted octanol–water partition coefficient (Wildman–Crippen LogP) is 2.53. The Balaban J connectivity index is 2.14. The highest BCUT2D eigenvalue weighted by Crippen LogP contribution is 2.37. The Labute approximate surface area is 94.0 Å². The van der Waals surface area contributed by atoms with Crippen LogP contribution in [0.1, 0.15) is 40.5 Å². The van der Waals surface area contributed by atoms with Gasteiger partial charge in [0.1, 0.15) is 0 Å². The number of likely N-dealkylation sites (tertiary alicyclic amines) is 1. The molecule has 2 nitrogen and oxygen atoms in total. The lowest BCUT2D eigenvalue weighted by atomic mass is 9.79. The van der Waals surface area contributed by atoms with Gasteiger partial charge in [-0.25, -0.2) is 0 Å².